The highest BCUT2D eigenvalue weighted by molar-refractivity contribution is 6.04. The number of H-pyrrole nitrogens is 2. The SMILES string of the molecule is CN(C)CCc1c[nH]c2c(-c3ccc4[nH]cc(CCN)c4c3O)ccc(O)c12. The molecule has 0 unspecified atom stereocenters. The summed E-state index contributed by atoms with van der Waals surface area (Å²) < 4.78 is 0. The highest BCUT2D eigenvalue weighted by atomic mass is 16.3. The van der Waals surface area contributed by atoms with Crippen LogP contribution >= 0.6 is 0 Å². The van der Waals surface area contributed by atoms with Crippen LogP contribution in [0, 0.1) is 0 Å². The van der Waals surface area contributed by atoms with Gasteiger partial charge in [-0.25, -0.2) is 0 Å². The van der Waals surface area contributed by atoms with Crippen LogP contribution in [-0.2, 0) is 12.8 Å². The number of likely N-dealkylation sites (N-methyl/N-ethyl adjacent to an activating group) is 1. The molecule has 146 valence electrons. The first kappa shape index (κ1) is 18.4. The molecule has 0 amide bonds. The number of aromatic nitrogens is 2. The van der Waals surface area contributed by atoms with Crippen LogP contribution in [-0.4, -0.2) is 52.3 Å². The molecule has 2 aromatic heterocycles. The predicted molar refractivity (Wildman–Crippen MR) is 114 cm³/mol. The van der Waals surface area contributed by atoms with E-state index in [1.54, 1.807) is 6.07 Å². The number of aromatic amines is 2. The number of phenolic OH excluding ortho intramolecular Hbond substituents is 2. The third kappa shape index (κ3) is 3.00. The number of nitrogens with one attached hydrogen (secondary N) is 2. The molecule has 0 bridgehead atoms. The average Bonchev–Trinajstić information content (AvgIpc) is 3.27. The first-order chi connectivity index (χ1) is 13.5. The van der Waals surface area contributed by atoms with Gasteiger partial charge in [-0.05, 0) is 68.9 Å². The van der Waals surface area contributed by atoms with E-state index in [-0.39, 0.29) is 11.5 Å². The number of hydrogen-bond acceptors (Lipinski definition) is 4. The van der Waals surface area contributed by atoms with Crippen LogP contribution in [0.2, 0.25) is 0 Å². The lowest BCUT2D eigenvalue weighted by Crippen LogP contribution is -2.14. The van der Waals surface area contributed by atoms with Gasteiger partial charge in [0.05, 0.1) is 5.52 Å². The van der Waals surface area contributed by atoms with Gasteiger partial charge in [0, 0.05) is 46.4 Å². The highest BCUT2D eigenvalue weighted by Gasteiger charge is 2.18. The van der Waals surface area contributed by atoms with Crippen molar-refractivity contribution in [2.24, 2.45) is 5.73 Å². The van der Waals surface area contributed by atoms with E-state index in [9.17, 15) is 10.2 Å². The molecule has 2 heterocycles. The van der Waals surface area contributed by atoms with Crippen LogP contribution in [0.15, 0.2) is 36.7 Å². The van der Waals surface area contributed by atoms with E-state index in [0.717, 1.165) is 57.0 Å². The Morgan fingerprint density at radius 3 is 2.36 bits per heavy atom. The number of rotatable bonds is 6. The molecule has 28 heavy (non-hydrogen) atoms. The van der Waals surface area contributed by atoms with E-state index in [1.807, 2.05) is 44.7 Å². The van der Waals surface area contributed by atoms with Crippen molar-refractivity contribution in [1.29, 1.82) is 0 Å². The molecular formula is C22H26N4O2. The van der Waals surface area contributed by atoms with Crippen LogP contribution in [0.5, 0.6) is 11.5 Å². The van der Waals surface area contributed by atoms with Gasteiger partial charge in [-0.3, -0.25) is 0 Å². The molecule has 4 aromatic rings. The van der Waals surface area contributed by atoms with Crippen molar-refractivity contribution < 1.29 is 10.2 Å². The predicted octanol–water partition coefficient (Wildman–Crippen LogP) is 3.33. The Hall–Kier alpha value is -2.96. The van der Waals surface area contributed by atoms with Crippen LogP contribution in [0.25, 0.3) is 32.9 Å². The Kier molecular flexibility index (Phi) is 4.75. The van der Waals surface area contributed by atoms with Crippen molar-refractivity contribution in [2.75, 3.05) is 27.2 Å². The second-order valence-corrected chi connectivity index (χ2v) is 7.49. The van der Waals surface area contributed by atoms with Gasteiger partial charge in [0.25, 0.3) is 0 Å². The van der Waals surface area contributed by atoms with E-state index in [2.05, 4.69) is 14.9 Å². The molecule has 0 fully saturated rings. The van der Waals surface area contributed by atoms with Gasteiger partial charge in [0.1, 0.15) is 11.5 Å². The molecule has 0 saturated heterocycles. The number of nitrogens with two attached hydrogens (primary N) is 1. The zero-order valence-corrected chi connectivity index (χ0v) is 16.2. The fourth-order valence-electron chi connectivity index (χ4n) is 3.91. The summed E-state index contributed by atoms with van der Waals surface area (Å²) in [5.41, 5.74) is 11.1. The summed E-state index contributed by atoms with van der Waals surface area (Å²) in [5.74, 6) is 0.485. The number of nitrogens with zero attached hydrogens (tertiary/aromatic N) is 1. The fourth-order valence-corrected chi connectivity index (χ4v) is 3.91. The molecule has 0 aliphatic heterocycles. The fraction of sp³-hybridized carbons (Fsp3) is 0.273. The highest BCUT2D eigenvalue weighted by Crippen LogP contribution is 2.42. The van der Waals surface area contributed by atoms with Gasteiger partial charge in [-0.2, -0.15) is 0 Å². The van der Waals surface area contributed by atoms with Crippen molar-refractivity contribution in [2.45, 2.75) is 12.8 Å². The third-order valence-corrected chi connectivity index (χ3v) is 5.33. The summed E-state index contributed by atoms with van der Waals surface area (Å²) in [6.07, 6.45) is 5.37. The van der Waals surface area contributed by atoms with E-state index in [0.29, 0.717) is 13.0 Å². The van der Waals surface area contributed by atoms with E-state index < -0.39 is 0 Å². The smallest absolute Gasteiger partial charge is 0.133 e. The van der Waals surface area contributed by atoms with Gasteiger partial charge in [0.15, 0.2) is 0 Å². The number of benzene rings is 2. The quantitative estimate of drug-likeness (QED) is 0.355. The number of phenols is 2. The lowest BCUT2D eigenvalue weighted by atomic mass is 9.97. The molecule has 6 N–H and O–H groups in total. The summed E-state index contributed by atoms with van der Waals surface area (Å²) >= 11 is 0. The molecule has 0 atom stereocenters. The minimum absolute atomic E-state index is 0.235. The van der Waals surface area contributed by atoms with Crippen LogP contribution in [0.1, 0.15) is 11.1 Å². The Bertz CT molecular complexity index is 1140. The molecule has 4 rings (SSSR count). The van der Waals surface area contributed by atoms with E-state index in [1.165, 1.54) is 0 Å². The Balaban J connectivity index is 1.89. The zero-order valence-electron chi connectivity index (χ0n) is 16.2. The van der Waals surface area contributed by atoms with Crippen LogP contribution < -0.4 is 5.73 Å². The summed E-state index contributed by atoms with van der Waals surface area (Å²) in [4.78, 5) is 8.63. The van der Waals surface area contributed by atoms with E-state index in [4.69, 9.17) is 5.73 Å². The molecule has 0 spiro atoms. The van der Waals surface area contributed by atoms with Gasteiger partial charge < -0.3 is 30.8 Å². The molecule has 0 aliphatic rings. The summed E-state index contributed by atoms with van der Waals surface area (Å²) in [7, 11) is 4.06. The standard InChI is InChI=1S/C22H26N4O2/c1-26(2)10-8-14-12-25-21-15(4-6-18(27)20(14)21)16-3-5-17-19(22(16)28)13(7-9-23)11-24-17/h3-6,11-12,24-25,27-28H,7-10,23H2,1-2H3. The number of aromatic hydroxyl groups is 2. The topological polar surface area (TPSA) is 101 Å². The van der Waals surface area contributed by atoms with Crippen molar-refractivity contribution in [1.82, 2.24) is 14.9 Å². The molecule has 6 heteroatoms. The first-order valence-electron chi connectivity index (χ1n) is 9.50. The molecule has 2 aromatic carbocycles. The molecular weight excluding hydrogens is 352 g/mol. The summed E-state index contributed by atoms with van der Waals surface area (Å²) in [6.45, 7) is 1.41. The number of hydrogen-bond donors (Lipinski definition) is 5. The number of fused-ring (bicyclic) bond motifs is 2. The third-order valence-electron chi connectivity index (χ3n) is 5.33. The van der Waals surface area contributed by atoms with Crippen molar-refractivity contribution >= 4 is 21.8 Å². The normalized spacial score (nSPS) is 11.9. The van der Waals surface area contributed by atoms with Gasteiger partial charge in [-0.15, -0.1) is 0 Å². The van der Waals surface area contributed by atoms with Crippen LogP contribution in [0.3, 0.4) is 0 Å². The molecule has 0 radical (unpaired) electrons. The largest absolute Gasteiger partial charge is 0.507 e. The monoisotopic (exact) mass is 378 g/mol. The first-order valence-corrected chi connectivity index (χ1v) is 9.50. The van der Waals surface area contributed by atoms with Crippen molar-refractivity contribution in [3.8, 4) is 22.6 Å². The molecule has 0 aliphatic carbocycles. The molecule has 0 saturated carbocycles. The lowest BCUT2D eigenvalue weighted by Gasteiger charge is -2.11. The Morgan fingerprint density at radius 1 is 0.893 bits per heavy atom. The average molecular weight is 378 g/mol. The van der Waals surface area contributed by atoms with Gasteiger partial charge in [-0.1, -0.05) is 0 Å². The maximum Gasteiger partial charge on any atom is 0.133 e. The summed E-state index contributed by atoms with van der Waals surface area (Å²) in [5, 5.41) is 23.2. The summed E-state index contributed by atoms with van der Waals surface area (Å²) in [6, 6.07) is 7.43. The van der Waals surface area contributed by atoms with Crippen molar-refractivity contribution in [3.05, 3.63) is 47.8 Å². The van der Waals surface area contributed by atoms with E-state index >= 15 is 0 Å². The lowest BCUT2D eigenvalue weighted by molar-refractivity contribution is 0.414. The maximum absolute atomic E-state index is 11.1. The second-order valence-electron chi connectivity index (χ2n) is 7.49. The Morgan fingerprint density at radius 2 is 1.61 bits per heavy atom. The molecule has 6 nitrogen and oxygen atoms in total. The van der Waals surface area contributed by atoms with Gasteiger partial charge >= 0.3 is 0 Å². The maximum atomic E-state index is 11.1. The second kappa shape index (κ2) is 7.22. The van der Waals surface area contributed by atoms with Crippen molar-refractivity contribution in [3.63, 3.8) is 0 Å². The van der Waals surface area contributed by atoms with Gasteiger partial charge in [0.2, 0.25) is 0 Å². The minimum atomic E-state index is 0.235. The Labute approximate surface area is 163 Å². The zero-order chi connectivity index (χ0) is 19.8. The minimum Gasteiger partial charge on any atom is -0.507 e. The van der Waals surface area contributed by atoms with Crippen LogP contribution in [0.4, 0.5) is 0 Å².